The first-order valence-corrected chi connectivity index (χ1v) is 7.57. The smallest absolute Gasteiger partial charge is 0.407 e. The number of carbonyl (C=O) groups excluding carboxylic acids is 2. The van der Waals surface area contributed by atoms with E-state index in [4.69, 9.17) is 4.74 Å². The van der Waals surface area contributed by atoms with Crippen LogP contribution < -0.4 is 10.6 Å². The van der Waals surface area contributed by atoms with E-state index in [1.54, 1.807) is 0 Å². The van der Waals surface area contributed by atoms with Gasteiger partial charge in [-0.3, -0.25) is 4.79 Å². The summed E-state index contributed by atoms with van der Waals surface area (Å²) in [7, 11) is 0. The lowest BCUT2D eigenvalue weighted by Crippen LogP contribution is -2.51. The van der Waals surface area contributed by atoms with E-state index in [2.05, 4.69) is 10.6 Å². The van der Waals surface area contributed by atoms with E-state index in [0.29, 0.717) is 6.54 Å². The fraction of sp³-hybridized carbons (Fsp3) is 0.529. The summed E-state index contributed by atoms with van der Waals surface area (Å²) >= 11 is 0. The standard InChI is InChI=1S/C17H24N2O3/c1-11-5-7-12(8-6-11)13-10-18-15(20)9-14(13)19-16(21)22-17(2,3)4/h5-8,13-14H,9-10H2,1-4H3,(H,18,20)(H,19,21). The highest BCUT2D eigenvalue weighted by atomic mass is 16.6. The van der Waals surface area contributed by atoms with Crippen LogP contribution in [0.2, 0.25) is 0 Å². The molecule has 0 radical (unpaired) electrons. The molecule has 1 saturated heterocycles. The van der Waals surface area contributed by atoms with Gasteiger partial charge in [0.2, 0.25) is 5.91 Å². The Hall–Kier alpha value is -2.04. The Bertz CT molecular complexity index is 546. The molecule has 2 N–H and O–H groups in total. The molecule has 1 heterocycles. The third kappa shape index (κ3) is 4.48. The molecule has 0 saturated carbocycles. The normalized spacial score (nSPS) is 21.9. The minimum atomic E-state index is -0.555. The van der Waals surface area contributed by atoms with Crippen LogP contribution in [0, 0.1) is 6.92 Å². The van der Waals surface area contributed by atoms with Crippen LogP contribution in [-0.4, -0.2) is 30.2 Å². The van der Waals surface area contributed by atoms with Gasteiger partial charge in [-0.15, -0.1) is 0 Å². The first-order chi connectivity index (χ1) is 10.2. The van der Waals surface area contributed by atoms with Gasteiger partial charge >= 0.3 is 6.09 Å². The molecule has 2 amide bonds. The molecule has 1 aliphatic heterocycles. The molecule has 1 aromatic rings. The second kappa shape index (κ2) is 6.38. The van der Waals surface area contributed by atoms with Crippen LogP contribution in [0.1, 0.15) is 44.2 Å². The van der Waals surface area contributed by atoms with Gasteiger partial charge in [0.25, 0.3) is 0 Å². The molecule has 2 rings (SSSR count). The monoisotopic (exact) mass is 304 g/mol. The maximum atomic E-state index is 12.0. The molecular weight excluding hydrogens is 280 g/mol. The van der Waals surface area contributed by atoms with Crippen molar-refractivity contribution in [2.75, 3.05) is 6.54 Å². The summed E-state index contributed by atoms with van der Waals surface area (Å²) in [5.74, 6) is -0.00441. The Kier molecular flexibility index (Phi) is 4.74. The average molecular weight is 304 g/mol. The SMILES string of the molecule is Cc1ccc(C2CNC(=O)CC2NC(=O)OC(C)(C)C)cc1. The molecule has 0 aromatic heterocycles. The molecular formula is C17H24N2O3. The number of amides is 2. The molecule has 0 spiro atoms. The van der Waals surface area contributed by atoms with Gasteiger partial charge in [0, 0.05) is 24.9 Å². The molecule has 5 heteroatoms. The topological polar surface area (TPSA) is 67.4 Å². The molecule has 5 nitrogen and oxygen atoms in total. The van der Waals surface area contributed by atoms with Crippen LogP contribution in [0.25, 0.3) is 0 Å². The second-order valence-electron chi connectivity index (χ2n) is 6.78. The van der Waals surface area contributed by atoms with Crippen molar-refractivity contribution in [3.05, 3.63) is 35.4 Å². The lowest BCUT2D eigenvalue weighted by Gasteiger charge is -2.33. The van der Waals surface area contributed by atoms with Crippen LogP contribution in [0.3, 0.4) is 0 Å². The number of benzene rings is 1. The van der Waals surface area contributed by atoms with Gasteiger partial charge in [-0.1, -0.05) is 29.8 Å². The van der Waals surface area contributed by atoms with E-state index in [-0.39, 0.29) is 24.3 Å². The summed E-state index contributed by atoms with van der Waals surface area (Å²) in [6.07, 6.45) is -0.220. The van der Waals surface area contributed by atoms with Crippen LogP contribution in [-0.2, 0) is 9.53 Å². The Labute approximate surface area is 131 Å². The number of hydrogen-bond acceptors (Lipinski definition) is 3. The number of carbonyl (C=O) groups is 2. The van der Waals surface area contributed by atoms with Crippen molar-refractivity contribution in [1.82, 2.24) is 10.6 Å². The van der Waals surface area contributed by atoms with Gasteiger partial charge in [-0.05, 0) is 33.3 Å². The zero-order valence-corrected chi connectivity index (χ0v) is 13.6. The van der Waals surface area contributed by atoms with Crippen LogP contribution in [0.4, 0.5) is 4.79 Å². The minimum Gasteiger partial charge on any atom is -0.444 e. The van der Waals surface area contributed by atoms with E-state index in [9.17, 15) is 9.59 Å². The summed E-state index contributed by atoms with van der Waals surface area (Å²) < 4.78 is 5.30. The molecule has 0 aliphatic carbocycles. The van der Waals surface area contributed by atoms with Gasteiger partial charge in [0.1, 0.15) is 5.60 Å². The van der Waals surface area contributed by atoms with Gasteiger partial charge < -0.3 is 15.4 Å². The number of aryl methyl sites for hydroxylation is 1. The highest BCUT2D eigenvalue weighted by Gasteiger charge is 2.32. The number of rotatable bonds is 2. The van der Waals surface area contributed by atoms with E-state index in [1.165, 1.54) is 5.56 Å². The molecule has 1 fully saturated rings. The van der Waals surface area contributed by atoms with E-state index in [1.807, 2.05) is 52.0 Å². The van der Waals surface area contributed by atoms with Crippen molar-refractivity contribution in [2.45, 2.75) is 51.7 Å². The molecule has 22 heavy (non-hydrogen) atoms. The highest BCUT2D eigenvalue weighted by molar-refractivity contribution is 5.79. The van der Waals surface area contributed by atoms with Gasteiger partial charge in [0.15, 0.2) is 0 Å². The zero-order chi connectivity index (χ0) is 16.3. The maximum absolute atomic E-state index is 12.0. The summed E-state index contributed by atoms with van der Waals surface area (Å²) in [4.78, 5) is 23.7. The number of alkyl carbamates (subject to hydrolysis) is 1. The van der Waals surface area contributed by atoms with E-state index in [0.717, 1.165) is 5.56 Å². The minimum absolute atomic E-state index is 0.0471. The van der Waals surface area contributed by atoms with Crippen LogP contribution in [0.15, 0.2) is 24.3 Å². The number of nitrogens with one attached hydrogen (secondary N) is 2. The first-order valence-electron chi connectivity index (χ1n) is 7.57. The Balaban J connectivity index is 2.11. The predicted molar refractivity (Wildman–Crippen MR) is 84.7 cm³/mol. The van der Waals surface area contributed by atoms with Crippen molar-refractivity contribution < 1.29 is 14.3 Å². The lowest BCUT2D eigenvalue weighted by atomic mass is 9.86. The Morgan fingerprint density at radius 3 is 2.50 bits per heavy atom. The number of hydrogen-bond donors (Lipinski definition) is 2. The fourth-order valence-electron chi connectivity index (χ4n) is 2.55. The van der Waals surface area contributed by atoms with Crippen molar-refractivity contribution in [3.8, 4) is 0 Å². The van der Waals surface area contributed by atoms with Crippen molar-refractivity contribution in [2.24, 2.45) is 0 Å². The molecule has 0 bridgehead atoms. The van der Waals surface area contributed by atoms with E-state index >= 15 is 0 Å². The first kappa shape index (κ1) is 16.3. The largest absolute Gasteiger partial charge is 0.444 e. The van der Waals surface area contributed by atoms with Crippen molar-refractivity contribution in [3.63, 3.8) is 0 Å². The molecule has 1 aromatic carbocycles. The predicted octanol–water partition coefficient (Wildman–Crippen LogP) is 2.49. The van der Waals surface area contributed by atoms with E-state index < -0.39 is 11.7 Å². The maximum Gasteiger partial charge on any atom is 0.407 e. The van der Waals surface area contributed by atoms with Crippen molar-refractivity contribution >= 4 is 12.0 Å². The second-order valence-corrected chi connectivity index (χ2v) is 6.78. The van der Waals surface area contributed by atoms with Crippen molar-refractivity contribution in [1.29, 1.82) is 0 Å². The third-order valence-corrected chi connectivity index (χ3v) is 3.62. The lowest BCUT2D eigenvalue weighted by molar-refractivity contribution is -0.123. The average Bonchev–Trinajstić information content (AvgIpc) is 2.38. The van der Waals surface area contributed by atoms with Crippen LogP contribution in [0.5, 0.6) is 0 Å². The summed E-state index contributed by atoms with van der Waals surface area (Å²) in [5.41, 5.74) is 1.73. The van der Waals surface area contributed by atoms with Gasteiger partial charge in [-0.2, -0.15) is 0 Å². The Morgan fingerprint density at radius 1 is 1.27 bits per heavy atom. The summed E-state index contributed by atoms with van der Waals surface area (Å²) in [6.45, 7) is 8.00. The Morgan fingerprint density at radius 2 is 1.91 bits per heavy atom. The quantitative estimate of drug-likeness (QED) is 0.882. The molecule has 120 valence electrons. The van der Waals surface area contributed by atoms with Crippen LogP contribution >= 0.6 is 0 Å². The number of ether oxygens (including phenoxy) is 1. The highest BCUT2D eigenvalue weighted by Crippen LogP contribution is 2.25. The molecule has 2 atom stereocenters. The zero-order valence-electron chi connectivity index (χ0n) is 13.6. The molecule has 2 unspecified atom stereocenters. The van der Waals surface area contributed by atoms with Gasteiger partial charge in [0.05, 0.1) is 0 Å². The third-order valence-electron chi connectivity index (χ3n) is 3.62. The fourth-order valence-corrected chi connectivity index (χ4v) is 2.55. The van der Waals surface area contributed by atoms with Gasteiger partial charge in [-0.25, -0.2) is 4.79 Å². The number of piperidine rings is 1. The summed E-state index contributed by atoms with van der Waals surface area (Å²) in [6, 6.07) is 7.90. The summed E-state index contributed by atoms with van der Waals surface area (Å²) in [5, 5.41) is 5.71. The molecule has 1 aliphatic rings.